The molecule has 134 valence electrons. The summed E-state index contributed by atoms with van der Waals surface area (Å²) in [5, 5.41) is 3.82. The maximum atomic E-state index is 12.3. The second-order valence-electron chi connectivity index (χ2n) is 6.19. The molecule has 0 spiro atoms. The minimum Gasteiger partial charge on any atom is -0.497 e. The van der Waals surface area contributed by atoms with Crippen molar-refractivity contribution in [1.29, 1.82) is 0 Å². The number of methoxy groups -OCH3 is 1. The van der Waals surface area contributed by atoms with Gasteiger partial charge in [0.1, 0.15) is 12.3 Å². The highest BCUT2D eigenvalue weighted by Gasteiger charge is 2.13. The zero-order valence-electron chi connectivity index (χ0n) is 15.0. The molecular formula is C21H22N2O3. The first-order valence-electron chi connectivity index (χ1n) is 8.57. The molecule has 1 amide bonds. The topological polar surface area (TPSA) is 60.3 Å². The average Bonchev–Trinajstić information content (AvgIpc) is 3.01. The molecule has 0 fully saturated rings. The Morgan fingerprint density at radius 3 is 2.50 bits per heavy atom. The van der Waals surface area contributed by atoms with E-state index in [1.165, 1.54) is 0 Å². The Morgan fingerprint density at radius 1 is 1.08 bits per heavy atom. The van der Waals surface area contributed by atoms with Gasteiger partial charge in [-0.15, -0.1) is 0 Å². The minimum absolute atomic E-state index is 0.000126. The number of hydrogen-bond acceptors (Lipinski definition) is 3. The summed E-state index contributed by atoms with van der Waals surface area (Å²) in [6, 6.07) is 15.4. The summed E-state index contributed by atoms with van der Waals surface area (Å²) in [6.07, 6.45) is 2.51. The first-order chi connectivity index (χ1) is 12.6. The third-order valence-corrected chi connectivity index (χ3v) is 4.38. The number of amides is 1. The summed E-state index contributed by atoms with van der Waals surface area (Å²) < 4.78 is 6.96. The predicted molar refractivity (Wildman–Crippen MR) is 102 cm³/mol. The van der Waals surface area contributed by atoms with Gasteiger partial charge in [-0.3, -0.25) is 9.59 Å². The summed E-state index contributed by atoms with van der Waals surface area (Å²) in [5.41, 5.74) is 2.67. The van der Waals surface area contributed by atoms with Crippen LogP contribution in [0, 0.1) is 0 Å². The second kappa shape index (κ2) is 7.87. The van der Waals surface area contributed by atoms with E-state index in [4.69, 9.17) is 4.74 Å². The number of nitrogens with one attached hydrogen (secondary N) is 1. The van der Waals surface area contributed by atoms with Crippen LogP contribution in [-0.2, 0) is 17.8 Å². The average molecular weight is 350 g/mol. The van der Waals surface area contributed by atoms with Crippen molar-refractivity contribution in [3.8, 4) is 5.75 Å². The number of Topliss-reactive ketones (excluding diaryl/α,β-unsaturated/α-hetero) is 1. The van der Waals surface area contributed by atoms with Gasteiger partial charge >= 0.3 is 0 Å². The highest BCUT2D eigenvalue weighted by atomic mass is 16.5. The Balaban J connectivity index is 1.61. The van der Waals surface area contributed by atoms with E-state index < -0.39 is 0 Å². The molecule has 0 atom stereocenters. The fourth-order valence-corrected chi connectivity index (χ4v) is 3.01. The predicted octanol–water partition coefficient (Wildman–Crippen LogP) is 3.21. The molecule has 0 saturated heterocycles. The quantitative estimate of drug-likeness (QED) is 0.666. The number of hydrogen-bond donors (Lipinski definition) is 1. The van der Waals surface area contributed by atoms with E-state index in [9.17, 15) is 9.59 Å². The van der Waals surface area contributed by atoms with Crippen molar-refractivity contribution >= 4 is 22.6 Å². The zero-order chi connectivity index (χ0) is 18.5. The van der Waals surface area contributed by atoms with E-state index >= 15 is 0 Å². The molecule has 0 bridgehead atoms. The minimum atomic E-state index is -0.0747. The molecule has 0 aliphatic rings. The van der Waals surface area contributed by atoms with Crippen LogP contribution in [0.4, 0.5) is 0 Å². The molecule has 1 N–H and O–H groups in total. The number of nitrogens with zero attached hydrogens (tertiary/aromatic N) is 1. The van der Waals surface area contributed by atoms with Crippen molar-refractivity contribution < 1.29 is 14.3 Å². The van der Waals surface area contributed by atoms with E-state index in [0.29, 0.717) is 12.1 Å². The first kappa shape index (κ1) is 17.7. The molecule has 3 rings (SSSR count). The van der Waals surface area contributed by atoms with Crippen LogP contribution in [0.25, 0.3) is 10.9 Å². The van der Waals surface area contributed by atoms with Crippen LogP contribution in [0.1, 0.15) is 22.8 Å². The van der Waals surface area contributed by atoms with Crippen molar-refractivity contribution in [1.82, 2.24) is 9.88 Å². The Hall–Kier alpha value is -3.08. The molecule has 1 aromatic heterocycles. The third kappa shape index (κ3) is 3.94. The number of aromatic nitrogens is 1. The molecule has 2 aromatic carbocycles. The summed E-state index contributed by atoms with van der Waals surface area (Å²) in [5.74, 6) is 0.743. The summed E-state index contributed by atoms with van der Waals surface area (Å²) >= 11 is 0. The molecule has 0 unspecified atom stereocenters. The third-order valence-electron chi connectivity index (χ3n) is 4.38. The fraction of sp³-hybridized carbons (Fsp3) is 0.238. The Kier molecular flexibility index (Phi) is 5.37. The molecule has 0 aliphatic carbocycles. The van der Waals surface area contributed by atoms with Crippen LogP contribution < -0.4 is 10.1 Å². The lowest BCUT2D eigenvalue weighted by Crippen LogP contribution is -2.29. The van der Waals surface area contributed by atoms with E-state index in [0.717, 1.165) is 28.6 Å². The van der Waals surface area contributed by atoms with Crippen LogP contribution in [0.5, 0.6) is 5.75 Å². The number of ketones is 1. The van der Waals surface area contributed by atoms with E-state index in [-0.39, 0.29) is 18.2 Å². The highest BCUT2D eigenvalue weighted by molar-refractivity contribution is 6.07. The number of carbonyl (C=O) groups excluding carboxylic acids is 2. The molecule has 26 heavy (non-hydrogen) atoms. The number of ether oxygens (including phenoxy) is 1. The molecule has 5 heteroatoms. The van der Waals surface area contributed by atoms with Crippen molar-refractivity contribution in [3.05, 3.63) is 65.9 Å². The Labute approximate surface area is 152 Å². The molecule has 0 aliphatic heterocycles. The van der Waals surface area contributed by atoms with Crippen LogP contribution in [0.2, 0.25) is 0 Å². The molecule has 1 heterocycles. The summed E-state index contributed by atoms with van der Waals surface area (Å²) in [4.78, 5) is 24.1. The Bertz CT molecular complexity index is 926. The molecular weight excluding hydrogens is 328 g/mol. The van der Waals surface area contributed by atoms with Crippen molar-refractivity contribution in [2.24, 2.45) is 0 Å². The van der Waals surface area contributed by atoms with Gasteiger partial charge in [0.05, 0.1) is 7.11 Å². The molecule has 5 nitrogen and oxygen atoms in total. The fourth-order valence-electron chi connectivity index (χ4n) is 3.01. The summed E-state index contributed by atoms with van der Waals surface area (Å²) in [6.45, 7) is 2.29. The lowest BCUT2D eigenvalue weighted by molar-refractivity contribution is -0.121. The van der Waals surface area contributed by atoms with Gasteiger partial charge in [0.15, 0.2) is 5.78 Å². The van der Waals surface area contributed by atoms with Gasteiger partial charge in [-0.2, -0.15) is 0 Å². The largest absolute Gasteiger partial charge is 0.497 e. The number of rotatable bonds is 7. The zero-order valence-corrected chi connectivity index (χ0v) is 15.0. The van der Waals surface area contributed by atoms with Crippen molar-refractivity contribution in [3.63, 3.8) is 0 Å². The normalized spacial score (nSPS) is 10.7. The molecule has 3 aromatic rings. The van der Waals surface area contributed by atoms with E-state index in [2.05, 4.69) is 5.32 Å². The molecule has 0 radical (unpaired) electrons. The summed E-state index contributed by atoms with van der Waals surface area (Å²) in [7, 11) is 1.64. The number of carbonyl (C=O) groups is 2. The SMILES string of the molecule is COc1ccc(CCNC(=O)Cn2cc(C(C)=O)c3ccccc32)cc1. The van der Waals surface area contributed by atoms with Crippen molar-refractivity contribution in [2.45, 2.75) is 19.9 Å². The van der Waals surface area contributed by atoms with Gasteiger partial charge < -0.3 is 14.6 Å². The van der Waals surface area contributed by atoms with Crippen molar-refractivity contribution in [2.75, 3.05) is 13.7 Å². The van der Waals surface area contributed by atoms with Crippen LogP contribution in [0.3, 0.4) is 0 Å². The van der Waals surface area contributed by atoms with Crippen LogP contribution in [-0.4, -0.2) is 29.9 Å². The van der Waals surface area contributed by atoms with Crippen LogP contribution in [0.15, 0.2) is 54.7 Å². The smallest absolute Gasteiger partial charge is 0.239 e. The van der Waals surface area contributed by atoms with Gasteiger partial charge in [-0.25, -0.2) is 0 Å². The van der Waals surface area contributed by atoms with E-state index in [1.54, 1.807) is 20.2 Å². The first-order valence-corrected chi connectivity index (χ1v) is 8.57. The van der Waals surface area contributed by atoms with Crippen LogP contribution >= 0.6 is 0 Å². The van der Waals surface area contributed by atoms with Gasteiger partial charge in [0, 0.05) is 29.2 Å². The number of fused-ring (bicyclic) bond motifs is 1. The highest BCUT2D eigenvalue weighted by Crippen LogP contribution is 2.21. The van der Waals surface area contributed by atoms with Gasteiger partial charge in [0.2, 0.25) is 5.91 Å². The van der Waals surface area contributed by atoms with Gasteiger partial charge in [0.25, 0.3) is 0 Å². The maximum Gasteiger partial charge on any atom is 0.239 e. The molecule has 0 saturated carbocycles. The number of para-hydroxylation sites is 1. The van der Waals surface area contributed by atoms with Gasteiger partial charge in [-0.05, 0) is 37.1 Å². The maximum absolute atomic E-state index is 12.3. The number of benzene rings is 2. The van der Waals surface area contributed by atoms with E-state index in [1.807, 2.05) is 53.1 Å². The Morgan fingerprint density at radius 2 is 1.81 bits per heavy atom. The lowest BCUT2D eigenvalue weighted by Gasteiger charge is -2.08. The second-order valence-corrected chi connectivity index (χ2v) is 6.19. The standard InChI is InChI=1S/C21H22N2O3/c1-15(24)19-13-23(20-6-4-3-5-18(19)20)14-21(25)22-12-11-16-7-9-17(26-2)10-8-16/h3-10,13H,11-12,14H2,1-2H3,(H,22,25). The van der Waals surface area contributed by atoms with Gasteiger partial charge in [-0.1, -0.05) is 30.3 Å². The monoisotopic (exact) mass is 350 g/mol. The lowest BCUT2D eigenvalue weighted by atomic mass is 10.1.